The molecule has 1 aliphatic heterocycles. The van der Waals surface area contributed by atoms with Crippen molar-refractivity contribution < 1.29 is 4.74 Å². The fraction of sp³-hybridized carbons (Fsp3) is 0.750. The summed E-state index contributed by atoms with van der Waals surface area (Å²) in [5.41, 5.74) is 1.56. The van der Waals surface area contributed by atoms with Crippen LogP contribution < -0.4 is 0 Å². The Morgan fingerprint density at radius 2 is 2.29 bits per heavy atom. The van der Waals surface area contributed by atoms with Crippen LogP contribution in [0.3, 0.4) is 0 Å². The summed E-state index contributed by atoms with van der Waals surface area (Å²) in [6.07, 6.45) is 4.98. The first-order valence-corrected chi connectivity index (χ1v) is 8.03. The number of nitrogens with zero attached hydrogens (tertiary/aromatic N) is 3. The maximum Gasteiger partial charge on any atom is 0.180 e. The number of ether oxygens (including phenoxy) is 1. The molecule has 2 heterocycles. The van der Waals surface area contributed by atoms with Gasteiger partial charge in [0.25, 0.3) is 0 Å². The van der Waals surface area contributed by atoms with Gasteiger partial charge in [-0.25, -0.2) is 4.98 Å². The van der Waals surface area contributed by atoms with Crippen LogP contribution in [0.15, 0.2) is 11.6 Å². The summed E-state index contributed by atoms with van der Waals surface area (Å²) in [6, 6.07) is 0. The van der Waals surface area contributed by atoms with Gasteiger partial charge in [0.1, 0.15) is 11.9 Å². The predicted molar refractivity (Wildman–Crippen MR) is 81.9 cm³/mol. The average Bonchev–Trinajstić information content (AvgIpc) is 2.90. The van der Waals surface area contributed by atoms with E-state index in [1.807, 2.05) is 6.92 Å². The first-order chi connectivity index (χ1) is 10.1. The van der Waals surface area contributed by atoms with Crippen LogP contribution in [0.1, 0.15) is 44.4 Å². The third-order valence-corrected chi connectivity index (χ3v) is 4.87. The van der Waals surface area contributed by atoms with Crippen molar-refractivity contribution in [2.45, 2.75) is 39.7 Å². The fourth-order valence-corrected chi connectivity index (χ4v) is 3.51. The third kappa shape index (κ3) is 3.35. The van der Waals surface area contributed by atoms with Gasteiger partial charge in [0, 0.05) is 19.6 Å². The lowest BCUT2D eigenvalue weighted by Crippen LogP contribution is -2.42. The largest absolute Gasteiger partial charge is 0.367 e. The van der Waals surface area contributed by atoms with Crippen molar-refractivity contribution in [3.8, 4) is 0 Å². The Bertz CT molecular complexity index is 510. The molecule has 1 fully saturated rings. The minimum Gasteiger partial charge on any atom is -0.367 e. The van der Waals surface area contributed by atoms with Gasteiger partial charge < -0.3 is 4.74 Å². The molecule has 1 aliphatic carbocycles. The van der Waals surface area contributed by atoms with E-state index in [-0.39, 0.29) is 6.10 Å². The highest BCUT2D eigenvalue weighted by Gasteiger charge is 2.29. The van der Waals surface area contributed by atoms with E-state index in [9.17, 15) is 0 Å². The normalized spacial score (nSPS) is 31.2. The Kier molecular flexibility index (Phi) is 4.40. The molecule has 21 heavy (non-hydrogen) atoms. The Morgan fingerprint density at radius 3 is 3.00 bits per heavy atom. The molecule has 0 saturated carbocycles. The van der Waals surface area contributed by atoms with Gasteiger partial charge in [-0.3, -0.25) is 10.00 Å². The molecule has 0 unspecified atom stereocenters. The molecule has 3 rings (SSSR count). The number of hydrogen-bond acceptors (Lipinski definition) is 4. The fourth-order valence-electron chi connectivity index (χ4n) is 3.51. The van der Waals surface area contributed by atoms with Gasteiger partial charge in [-0.15, -0.1) is 0 Å². The van der Waals surface area contributed by atoms with Crippen LogP contribution in [-0.2, 0) is 4.74 Å². The quantitative estimate of drug-likeness (QED) is 0.869. The van der Waals surface area contributed by atoms with Crippen LogP contribution in [0, 0.1) is 18.8 Å². The zero-order valence-corrected chi connectivity index (χ0v) is 13.3. The monoisotopic (exact) mass is 290 g/mol. The minimum atomic E-state index is 0.00637. The molecule has 1 saturated heterocycles. The first-order valence-electron chi connectivity index (χ1n) is 8.03. The Hall–Kier alpha value is -1.20. The third-order valence-electron chi connectivity index (χ3n) is 4.87. The van der Waals surface area contributed by atoms with Crippen molar-refractivity contribution >= 4 is 0 Å². The van der Waals surface area contributed by atoms with Crippen molar-refractivity contribution in [3.05, 3.63) is 23.3 Å². The highest BCUT2D eigenvalue weighted by molar-refractivity contribution is 5.09. The molecule has 5 heteroatoms. The van der Waals surface area contributed by atoms with Crippen LogP contribution in [0.2, 0.25) is 0 Å². The minimum absolute atomic E-state index is 0.00637. The highest BCUT2D eigenvalue weighted by Crippen LogP contribution is 2.31. The summed E-state index contributed by atoms with van der Waals surface area (Å²) in [5, 5.41) is 7.16. The molecular formula is C16H26N4O. The van der Waals surface area contributed by atoms with Crippen molar-refractivity contribution in [2.75, 3.05) is 26.2 Å². The number of aromatic nitrogens is 3. The van der Waals surface area contributed by atoms with E-state index < -0.39 is 0 Å². The molecule has 1 N–H and O–H groups in total. The lowest BCUT2D eigenvalue weighted by atomic mass is 9.79. The van der Waals surface area contributed by atoms with Crippen molar-refractivity contribution in [3.63, 3.8) is 0 Å². The van der Waals surface area contributed by atoms with Crippen LogP contribution in [0.5, 0.6) is 0 Å². The number of rotatable bonds is 3. The van der Waals surface area contributed by atoms with Gasteiger partial charge >= 0.3 is 0 Å². The van der Waals surface area contributed by atoms with E-state index in [4.69, 9.17) is 4.74 Å². The predicted octanol–water partition coefficient (Wildman–Crippen LogP) is 2.48. The van der Waals surface area contributed by atoms with Gasteiger partial charge in [-0.1, -0.05) is 18.6 Å². The zero-order chi connectivity index (χ0) is 14.8. The molecule has 2 aliphatic rings. The molecular weight excluding hydrogens is 264 g/mol. The SMILES string of the molecule is CC1=CCC[C@H](C)[C@H]1CN1CCO[C@@H](c2n[nH]c(C)n2)C1. The summed E-state index contributed by atoms with van der Waals surface area (Å²) in [6.45, 7) is 10.4. The van der Waals surface area contributed by atoms with E-state index in [1.54, 1.807) is 5.57 Å². The lowest BCUT2D eigenvalue weighted by molar-refractivity contribution is -0.0394. The van der Waals surface area contributed by atoms with E-state index in [0.29, 0.717) is 5.92 Å². The van der Waals surface area contributed by atoms with Gasteiger partial charge in [-0.2, -0.15) is 5.10 Å². The second-order valence-electron chi connectivity index (χ2n) is 6.51. The number of H-pyrrole nitrogens is 1. The van der Waals surface area contributed by atoms with Crippen LogP contribution in [0.4, 0.5) is 0 Å². The number of hydrogen-bond donors (Lipinski definition) is 1. The molecule has 0 bridgehead atoms. The number of nitrogens with one attached hydrogen (secondary N) is 1. The number of allylic oxidation sites excluding steroid dienone is 1. The van der Waals surface area contributed by atoms with Gasteiger partial charge in [-0.05, 0) is 38.5 Å². The average molecular weight is 290 g/mol. The molecule has 1 aromatic heterocycles. The topological polar surface area (TPSA) is 54.0 Å². The second kappa shape index (κ2) is 6.28. The molecule has 116 valence electrons. The van der Waals surface area contributed by atoms with Gasteiger partial charge in [0.2, 0.25) is 0 Å². The summed E-state index contributed by atoms with van der Waals surface area (Å²) in [5.74, 6) is 3.11. The summed E-state index contributed by atoms with van der Waals surface area (Å²) in [7, 11) is 0. The number of aromatic amines is 1. The Morgan fingerprint density at radius 1 is 1.43 bits per heavy atom. The van der Waals surface area contributed by atoms with E-state index in [0.717, 1.165) is 43.8 Å². The van der Waals surface area contributed by atoms with Crippen molar-refractivity contribution in [1.82, 2.24) is 20.1 Å². The van der Waals surface area contributed by atoms with Crippen molar-refractivity contribution in [2.24, 2.45) is 11.8 Å². The Labute approximate surface area is 126 Å². The smallest absolute Gasteiger partial charge is 0.180 e. The summed E-state index contributed by atoms with van der Waals surface area (Å²) < 4.78 is 5.85. The molecule has 3 atom stereocenters. The van der Waals surface area contributed by atoms with Gasteiger partial charge in [0.15, 0.2) is 5.82 Å². The van der Waals surface area contributed by atoms with Crippen LogP contribution in [0.25, 0.3) is 0 Å². The van der Waals surface area contributed by atoms with Gasteiger partial charge in [0.05, 0.1) is 6.61 Å². The molecule has 0 radical (unpaired) electrons. The second-order valence-corrected chi connectivity index (χ2v) is 6.51. The van der Waals surface area contributed by atoms with E-state index in [2.05, 4.69) is 40.0 Å². The number of aryl methyl sites for hydroxylation is 1. The maximum absolute atomic E-state index is 5.85. The number of morpholine rings is 1. The molecule has 1 aromatic rings. The summed E-state index contributed by atoms with van der Waals surface area (Å²) >= 11 is 0. The lowest BCUT2D eigenvalue weighted by Gasteiger charge is -2.37. The maximum atomic E-state index is 5.85. The van der Waals surface area contributed by atoms with Crippen LogP contribution in [-0.4, -0.2) is 46.3 Å². The molecule has 0 aromatic carbocycles. The highest BCUT2D eigenvalue weighted by atomic mass is 16.5. The summed E-state index contributed by atoms with van der Waals surface area (Å²) in [4.78, 5) is 6.93. The zero-order valence-electron chi connectivity index (χ0n) is 13.3. The molecule has 0 spiro atoms. The first kappa shape index (κ1) is 14.7. The molecule has 0 amide bonds. The standard InChI is InChI=1S/C16H26N4O/c1-11-5-4-6-12(2)14(11)9-20-7-8-21-15(10-20)16-17-13(3)18-19-16/h5,12,14-15H,4,6-10H2,1-3H3,(H,17,18,19)/t12-,14-,15+/m0/s1. The van der Waals surface area contributed by atoms with E-state index in [1.165, 1.54) is 12.8 Å². The van der Waals surface area contributed by atoms with Crippen molar-refractivity contribution in [1.29, 1.82) is 0 Å². The Balaban J connectivity index is 1.63. The van der Waals surface area contributed by atoms with E-state index >= 15 is 0 Å². The van der Waals surface area contributed by atoms with Crippen LogP contribution >= 0.6 is 0 Å². The molecule has 5 nitrogen and oxygen atoms in total.